The fourth-order valence-electron chi connectivity index (χ4n) is 1.25. The second-order valence-electron chi connectivity index (χ2n) is 3.12. The molecule has 0 radical (unpaired) electrons. The highest BCUT2D eigenvalue weighted by Crippen LogP contribution is 2.08. The Labute approximate surface area is 97.4 Å². The third kappa shape index (κ3) is 2.23. The van der Waals surface area contributed by atoms with E-state index in [9.17, 15) is 4.79 Å². The lowest BCUT2D eigenvalue weighted by molar-refractivity contribution is 0.0856. The molecule has 2 aromatic rings. The van der Waals surface area contributed by atoms with E-state index in [-0.39, 0.29) is 5.28 Å². The fourth-order valence-corrected chi connectivity index (χ4v) is 1.45. The monoisotopic (exact) mass is 236 g/mol. The standard InChI is InChI=1S/C11H9ClN2O2/c12-11-13-6-10(7-15)14(11)16-8-9-4-2-1-3-5-9/h1-7H,8H2. The van der Waals surface area contributed by atoms with Crippen LogP contribution in [0.25, 0.3) is 0 Å². The number of rotatable bonds is 4. The number of imidazole rings is 1. The van der Waals surface area contributed by atoms with Gasteiger partial charge in [0.05, 0.1) is 6.20 Å². The number of carbonyl (C=O) groups is 1. The Balaban J connectivity index is 2.10. The molecule has 16 heavy (non-hydrogen) atoms. The minimum Gasteiger partial charge on any atom is -0.406 e. The first-order valence-electron chi connectivity index (χ1n) is 4.67. The van der Waals surface area contributed by atoms with Gasteiger partial charge in [-0.05, 0) is 17.2 Å². The first-order chi connectivity index (χ1) is 7.81. The minimum absolute atomic E-state index is 0.137. The summed E-state index contributed by atoms with van der Waals surface area (Å²) in [5.74, 6) is 0. The van der Waals surface area contributed by atoms with Crippen LogP contribution in [0.4, 0.5) is 0 Å². The van der Waals surface area contributed by atoms with Crippen LogP contribution in [0, 0.1) is 0 Å². The SMILES string of the molecule is O=Cc1cnc(Cl)n1OCc1ccccc1. The number of aromatic nitrogens is 2. The highest BCUT2D eigenvalue weighted by atomic mass is 35.5. The van der Waals surface area contributed by atoms with Gasteiger partial charge in [-0.1, -0.05) is 30.3 Å². The van der Waals surface area contributed by atoms with Crippen LogP contribution in [0.5, 0.6) is 0 Å². The molecule has 1 aromatic heterocycles. The van der Waals surface area contributed by atoms with E-state index in [0.29, 0.717) is 18.6 Å². The van der Waals surface area contributed by atoms with Crippen molar-refractivity contribution < 1.29 is 9.63 Å². The van der Waals surface area contributed by atoms with Crippen LogP contribution >= 0.6 is 11.6 Å². The maximum absolute atomic E-state index is 10.7. The van der Waals surface area contributed by atoms with Crippen LogP contribution in [-0.2, 0) is 6.61 Å². The Kier molecular flexibility index (Phi) is 3.22. The lowest BCUT2D eigenvalue weighted by Gasteiger charge is -2.08. The summed E-state index contributed by atoms with van der Waals surface area (Å²) in [6, 6.07) is 9.59. The Morgan fingerprint density at radius 2 is 2.12 bits per heavy atom. The molecule has 0 aliphatic carbocycles. The molecule has 0 saturated carbocycles. The van der Waals surface area contributed by atoms with Gasteiger partial charge in [-0.15, -0.1) is 4.73 Å². The van der Waals surface area contributed by atoms with E-state index in [1.807, 2.05) is 30.3 Å². The molecular formula is C11H9ClN2O2. The molecule has 0 bridgehead atoms. The second kappa shape index (κ2) is 4.81. The molecule has 5 heteroatoms. The van der Waals surface area contributed by atoms with Crippen molar-refractivity contribution in [2.45, 2.75) is 6.61 Å². The number of nitrogens with zero attached hydrogens (tertiary/aromatic N) is 2. The van der Waals surface area contributed by atoms with Gasteiger partial charge in [0.2, 0.25) is 5.28 Å². The molecule has 1 heterocycles. The molecule has 1 aromatic carbocycles. The van der Waals surface area contributed by atoms with Gasteiger partial charge in [-0.3, -0.25) is 4.79 Å². The number of halogens is 1. The fraction of sp³-hybridized carbons (Fsp3) is 0.0909. The molecule has 0 N–H and O–H groups in total. The molecule has 0 aliphatic rings. The van der Waals surface area contributed by atoms with Gasteiger partial charge in [0, 0.05) is 0 Å². The maximum Gasteiger partial charge on any atom is 0.237 e. The Bertz CT molecular complexity index is 482. The summed E-state index contributed by atoms with van der Waals surface area (Å²) >= 11 is 5.76. The number of benzene rings is 1. The Hall–Kier alpha value is -1.81. The van der Waals surface area contributed by atoms with E-state index < -0.39 is 0 Å². The van der Waals surface area contributed by atoms with Crippen molar-refractivity contribution in [3.63, 3.8) is 0 Å². The largest absolute Gasteiger partial charge is 0.406 e. The lowest BCUT2D eigenvalue weighted by atomic mass is 10.2. The van der Waals surface area contributed by atoms with Crippen molar-refractivity contribution in [1.29, 1.82) is 0 Å². The van der Waals surface area contributed by atoms with Gasteiger partial charge in [0.15, 0.2) is 6.29 Å². The van der Waals surface area contributed by atoms with Gasteiger partial charge in [0.1, 0.15) is 12.3 Å². The van der Waals surface area contributed by atoms with E-state index in [2.05, 4.69) is 4.98 Å². The number of hydrogen-bond acceptors (Lipinski definition) is 3. The van der Waals surface area contributed by atoms with Gasteiger partial charge < -0.3 is 4.84 Å². The molecule has 0 unspecified atom stereocenters. The summed E-state index contributed by atoms with van der Waals surface area (Å²) in [5.41, 5.74) is 1.28. The Morgan fingerprint density at radius 1 is 1.38 bits per heavy atom. The van der Waals surface area contributed by atoms with Crippen molar-refractivity contribution in [1.82, 2.24) is 9.71 Å². The predicted octanol–water partition coefficient (Wildman–Crippen LogP) is 1.98. The zero-order valence-corrected chi connectivity index (χ0v) is 9.09. The summed E-state index contributed by atoms with van der Waals surface area (Å²) in [6.45, 7) is 0.331. The van der Waals surface area contributed by atoms with E-state index >= 15 is 0 Å². The van der Waals surface area contributed by atoms with Crippen molar-refractivity contribution in [3.05, 3.63) is 53.1 Å². The predicted molar refractivity (Wildman–Crippen MR) is 59.4 cm³/mol. The smallest absolute Gasteiger partial charge is 0.237 e. The summed E-state index contributed by atoms with van der Waals surface area (Å²) in [7, 11) is 0. The lowest BCUT2D eigenvalue weighted by Crippen LogP contribution is -2.13. The maximum atomic E-state index is 10.7. The molecule has 0 fully saturated rings. The van der Waals surface area contributed by atoms with Crippen LogP contribution in [-0.4, -0.2) is 16.0 Å². The Morgan fingerprint density at radius 3 is 2.81 bits per heavy atom. The molecule has 0 amide bonds. The third-order valence-electron chi connectivity index (χ3n) is 2.03. The average molecular weight is 237 g/mol. The molecule has 0 spiro atoms. The first kappa shape index (κ1) is 10.7. The normalized spacial score (nSPS) is 10.1. The van der Waals surface area contributed by atoms with Crippen LogP contribution < -0.4 is 4.84 Å². The van der Waals surface area contributed by atoms with Gasteiger partial charge in [0.25, 0.3) is 0 Å². The highest BCUT2D eigenvalue weighted by Gasteiger charge is 2.07. The third-order valence-corrected chi connectivity index (χ3v) is 2.28. The molecule has 4 nitrogen and oxygen atoms in total. The van der Waals surface area contributed by atoms with E-state index in [0.717, 1.165) is 5.56 Å². The van der Waals surface area contributed by atoms with Crippen molar-refractivity contribution in [3.8, 4) is 0 Å². The average Bonchev–Trinajstić information content (AvgIpc) is 2.69. The second-order valence-corrected chi connectivity index (χ2v) is 3.46. The molecule has 0 saturated heterocycles. The molecule has 0 atom stereocenters. The summed E-state index contributed by atoms with van der Waals surface area (Å²) in [4.78, 5) is 19.8. The zero-order valence-electron chi connectivity index (χ0n) is 8.34. The van der Waals surface area contributed by atoms with E-state index in [1.54, 1.807) is 0 Å². The van der Waals surface area contributed by atoms with Crippen LogP contribution in [0.3, 0.4) is 0 Å². The molecule has 0 aliphatic heterocycles. The highest BCUT2D eigenvalue weighted by molar-refractivity contribution is 6.28. The van der Waals surface area contributed by atoms with Crippen molar-refractivity contribution >= 4 is 17.9 Å². The quantitative estimate of drug-likeness (QED) is 0.763. The summed E-state index contributed by atoms with van der Waals surface area (Å²) in [5, 5.41) is 0.137. The van der Waals surface area contributed by atoms with Gasteiger partial charge >= 0.3 is 0 Å². The summed E-state index contributed by atoms with van der Waals surface area (Å²) in [6.07, 6.45) is 2.00. The zero-order chi connectivity index (χ0) is 11.4. The van der Waals surface area contributed by atoms with Gasteiger partial charge in [-0.25, -0.2) is 4.98 Å². The van der Waals surface area contributed by atoms with Crippen LogP contribution in [0.15, 0.2) is 36.5 Å². The number of hydrogen-bond donors (Lipinski definition) is 0. The van der Waals surface area contributed by atoms with Crippen molar-refractivity contribution in [2.24, 2.45) is 0 Å². The summed E-state index contributed by atoms with van der Waals surface area (Å²) < 4.78 is 1.21. The minimum atomic E-state index is 0.137. The molecule has 2 rings (SSSR count). The van der Waals surface area contributed by atoms with E-state index in [1.165, 1.54) is 10.9 Å². The van der Waals surface area contributed by atoms with E-state index in [4.69, 9.17) is 16.4 Å². The molecule has 82 valence electrons. The topological polar surface area (TPSA) is 44.1 Å². The van der Waals surface area contributed by atoms with Gasteiger partial charge in [-0.2, -0.15) is 0 Å². The van der Waals surface area contributed by atoms with Crippen LogP contribution in [0.2, 0.25) is 5.28 Å². The number of carbonyl (C=O) groups excluding carboxylic acids is 1. The first-order valence-corrected chi connectivity index (χ1v) is 5.04. The number of aldehydes is 1. The van der Waals surface area contributed by atoms with Crippen molar-refractivity contribution in [2.75, 3.05) is 0 Å². The van der Waals surface area contributed by atoms with Crippen LogP contribution in [0.1, 0.15) is 16.1 Å². The molecular weight excluding hydrogens is 228 g/mol.